The van der Waals surface area contributed by atoms with E-state index >= 15 is 0 Å². The quantitative estimate of drug-likeness (QED) is 0.605. The van der Waals surface area contributed by atoms with E-state index in [9.17, 15) is 9.59 Å². The first-order valence-electron chi connectivity index (χ1n) is 8.89. The van der Waals surface area contributed by atoms with Crippen molar-refractivity contribution in [3.05, 3.63) is 57.1 Å². The highest BCUT2D eigenvalue weighted by molar-refractivity contribution is 6.35. The summed E-state index contributed by atoms with van der Waals surface area (Å²) in [4.78, 5) is 32.8. The Morgan fingerprint density at radius 2 is 2.14 bits per heavy atom. The number of aromatic nitrogens is 3. The number of primary amides is 1. The highest BCUT2D eigenvalue weighted by Crippen LogP contribution is 2.37. The van der Waals surface area contributed by atoms with E-state index in [2.05, 4.69) is 15.3 Å². The van der Waals surface area contributed by atoms with E-state index in [1.807, 2.05) is 25.1 Å². The lowest BCUT2D eigenvalue weighted by atomic mass is 10.1. The number of nitrogen functional groups attached to an aromatic ring is 1. The Morgan fingerprint density at radius 3 is 2.82 bits per heavy atom. The molecule has 28 heavy (non-hydrogen) atoms. The summed E-state index contributed by atoms with van der Waals surface area (Å²) < 4.78 is 1.78. The van der Waals surface area contributed by atoms with Crippen LogP contribution in [0.4, 0.5) is 11.8 Å². The van der Waals surface area contributed by atoms with Crippen molar-refractivity contribution < 1.29 is 4.79 Å². The number of carbonyl (C=O) groups is 1. The maximum Gasteiger partial charge on any atom is 0.260 e. The van der Waals surface area contributed by atoms with Crippen LogP contribution in [0.2, 0.25) is 5.02 Å². The number of nitrogens with zero attached hydrogens (tertiary/aromatic N) is 3. The van der Waals surface area contributed by atoms with Crippen molar-refractivity contribution >= 4 is 40.0 Å². The van der Waals surface area contributed by atoms with Crippen LogP contribution in [-0.2, 0) is 0 Å². The van der Waals surface area contributed by atoms with E-state index < -0.39 is 5.91 Å². The number of nitrogens with one attached hydrogen (secondary N) is 1. The van der Waals surface area contributed by atoms with Crippen LogP contribution in [0.1, 0.15) is 47.9 Å². The number of halogens is 1. The molecule has 8 nitrogen and oxygen atoms in total. The van der Waals surface area contributed by atoms with E-state index in [0.29, 0.717) is 10.4 Å². The van der Waals surface area contributed by atoms with E-state index in [1.54, 1.807) is 10.6 Å². The number of rotatable bonds is 5. The normalized spacial score (nSPS) is 14.8. The second kappa shape index (κ2) is 6.79. The first kappa shape index (κ1) is 18.2. The molecule has 2 heterocycles. The molecule has 0 radical (unpaired) electrons. The zero-order chi connectivity index (χ0) is 20.0. The van der Waals surface area contributed by atoms with Crippen molar-refractivity contribution in [3.63, 3.8) is 0 Å². The summed E-state index contributed by atoms with van der Waals surface area (Å²) in [5.41, 5.74) is 11.9. The second-order valence-electron chi connectivity index (χ2n) is 6.90. The predicted molar refractivity (Wildman–Crippen MR) is 108 cm³/mol. The highest BCUT2D eigenvalue weighted by atomic mass is 35.5. The van der Waals surface area contributed by atoms with Gasteiger partial charge in [0.1, 0.15) is 5.82 Å². The van der Waals surface area contributed by atoms with Crippen molar-refractivity contribution in [1.29, 1.82) is 0 Å². The molecule has 0 saturated heterocycles. The van der Waals surface area contributed by atoms with Gasteiger partial charge in [0.05, 0.1) is 22.0 Å². The molecular weight excluding hydrogens is 380 g/mol. The zero-order valence-electron chi connectivity index (χ0n) is 15.1. The van der Waals surface area contributed by atoms with Crippen LogP contribution in [-0.4, -0.2) is 20.4 Å². The summed E-state index contributed by atoms with van der Waals surface area (Å²) in [7, 11) is 0. The Morgan fingerprint density at radius 1 is 1.39 bits per heavy atom. The average Bonchev–Trinajstić information content (AvgIpc) is 3.46. The summed E-state index contributed by atoms with van der Waals surface area (Å²) in [5.74, 6) is -0.419. The monoisotopic (exact) mass is 398 g/mol. The van der Waals surface area contributed by atoms with E-state index in [-0.39, 0.29) is 35.0 Å². The standard InChI is InChI=1S/C19H19ClN6O2/c1-9(24-17-12(16(21)27)8-23-19(22)25-17)14-7-10-3-2-4-13(20)15(10)18(28)26(14)11-5-6-11/h2-4,7-9,11H,5-6H2,1H3,(H2,21,27)(H3,22,23,24,25). The van der Waals surface area contributed by atoms with Gasteiger partial charge in [0.25, 0.3) is 11.5 Å². The number of benzene rings is 1. The van der Waals surface area contributed by atoms with Crippen molar-refractivity contribution in [3.8, 4) is 0 Å². The molecule has 1 aliphatic carbocycles. The molecule has 1 amide bonds. The van der Waals surface area contributed by atoms with Gasteiger partial charge in [-0.05, 0) is 37.3 Å². The molecule has 144 valence electrons. The maximum atomic E-state index is 13.2. The van der Waals surface area contributed by atoms with Crippen LogP contribution in [0.5, 0.6) is 0 Å². The van der Waals surface area contributed by atoms with Crippen LogP contribution in [0, 0.1) is 0 Å². The molecule has 4 rings (SSSR count). The lowest BCUT2D eigenvalue weighted by Gasteiger charge is -2.22. The molecule has 1 unspecified atom stereocenters. The molecule has 0 aliphatic heterocycles. The Labute approximate surface area is 165 Å². The largest absolute Gasteiger partial charge is 0.368 e. The van der Waals surface area contributed by atoms with Crippen LogP contribution in [0.15, 0.2) is 35.3 Å². The minimum Gasteiger partial charge on any atom is -0.368 e. The van der Waals surface area contributed by atoms with Gasteiger partial charge in [-0.15, -0.1) is 0 Å². The van der Waals surface area contributed by atoms with E-state index in [1.165, 1.54) is 6.20 Å². The summed E-state index contributed by atoms with van der Waals surface area (Å²) in [6, 6.07) is 7.11. The van der Waals surface area contributed by atoms with Gasteiger partial charge in [0.15, 0.2) is 0 Å². The van der Waals surface area contributed by atoms with Gasteiger partial charge in [-0.25, -0.2) is 4.98 Å². The number of fused-ring (bicyclic) bond motifs is 1. The van der Waals surface area contributed by atoms with E-state index in [4.69, 9.17) is 23.1 Å². The predicted octanol–water partition coefficient (Wildman–Crippen LogP) is 2.63. The van der Waals surface area contributed by atoms with Gasteiger partial charge >= 0.3 is 0 Å². The maximum absolute atomic E-state index is 13.2. The number of nitrogens with two attached hydrogens (primary N) is 2. The number of anilines is 2. The van der Waals surface area contributed by atoms with Crippen molar-refractivity contribution in [2.75, 3.05) is 11.1 Å². The molecule has 5 N–H and O–H groups in total. The number of carbonyl (C=O) groups excluding carboxylic acids is 1. The number of hydrogen-bond donors (Lipinski definition) is 3. The molecule has 1 saturated carbocycles. The molecule has 2 aromatic heterocycles. The molecule has 0 bridgehead atoms. The molecule has 1 aliphatic rings. The number of hydrogen-bond acceptors (Lipinski definition) is 6. The Kier molecular flexibility index (Phi) is 4.43. The molecule has 1 aromatic carbocycles. The Balaban J connectivity index is 1.83. The van der Waals surface area contributed by atoms with Crippen molar-refractivity contribution in [1.82, 2.24) is 14.5 Å². The minimum absolute atomic E-state index is 0.0181. The third-order valence-corrected chi connectivity index (χ3v) is 5.16. The molecule has 9 heteroatoms. The van der Waals surface area contributed by atoms with Crippen LogP contribution >= 0.6 is 11.6 Å². The Hall–Kier alpha value is -3.13. The van der Waals surface area contributed by atoms with Gasteiger partial charge in [0, 0.05) is 17.9 Å². The fourth-order valence-corrected chi connectivity index (χ4v) is 3.62. The third kappa shape index (κ3) is 3.16. The van der Waals surface area contributed by atoms with Crippen LogP contribution in [0.3, 0.4) is 0 Å². The fraction of sp³-hybridized carbons (Fsp3) is 0.263. The lowest BCUT2D eigenvalue weighted by Crippen LogP contribution is -2.27. The smallest absolute Gasteiger partial charge is 0.260 e. The van der Waals surface area contributed by atoms with Crippen molar-refractivity contribution in [2.24, 2.45) is 5.73 Å². The molecule has 3 aromatic rings. The molecule has 1 atom stereocenters. The molecule has 0 spiro atoms. The average molecular weight is 399 g/mol. The first-order valence-corrected chi connectivity index (χ1v) is 9.27. The topological polar surface area (TPSA) is 129 Å². The minimum atomic E-state index is -0.667. The second-order valence-corrected chi connectivity index (χ2v) is 7.31. The highest BCUT2D eigenvalue weighted by Gasteiger charge is 2.30. The fourth-order valence-electron chi connectivity index (χ4n) is 3.36. The van der Waals surface area contributed by atoms with Gasteiger partial charge in [0.2, 0.25) is 5.95 Å². The Bertz CT molecular complexity index is 1160. The molecule has 1 fully saturated rings. The molecular formula is C19H19ClN6O2. The van der Waals surface area contributed by atoms with Gasteiger partial charge < -0.3 is 21.4 Å². The lowest BCUT2D eigenvalue weighted by molar-refractivity contribution is 0.100. The third-order valence-electron chi connectivity index (χ3n) is 4.84. The zero-order valence-corrected chi connectivity index (χ0v) is 15.9. The summed E-state index contributed by atoms with van der Waals surface area (Å²) in [5, 5.41) is 4.86. The SMILES string of the molecule is CC(Nc1nc(N)ncc1C(N)=O)c1cc2cccc(Cl)c2c(=O)n1C1CC1. The van der Waals surface area contributed by atoms with Gasteiger partial charge in [-0.1, -0.05) is 23.7 Å². The summed E-state index contributed by atoms with van der Waals surface area (Å²) in [6.45, 7) is 1.88. The summed E-state index contributed by atoms with van der Waals surface area (Å²) in [6.07, 6.45) is 3.15. The first-order chi connectivity index (χ1) is 13.4. The van der Waals surface area contributed by atoms with Crippen molar-refractivity contribution in [2.45, 2.75) is 31.8 Å². The van der Waals surface area contributed by atoms with Crippen LogP contribution in [0.25, 0.3) is 10.8 Å². The van der Waals surface area contributed by atoms with E-state index in [0.717, 1.165) is 23.9 Å². The van der Waals surface area contributed by atoms with Gasteiger partial charge in [-0.3, -0.25) is 9.59 Å². The number of pyridine rings is 1. The van der Waals surface area contributed by atoms with Gasteiger partial charge in [-0.2, -0.15) is 4.98 Å². The number of amides is 1. The summed E-state index contributed by atoms with van der Waals surface area (Å²) >= 11 is 6.28. The van der Waals surface area contributed by atoms with Crippen LogP contribution < -0.4 is 22.3 Å².